The van der Waals surface area contributed by atoms with E-state index in [1.165, 1.54) is 12.8 Å². The van der Waals surface area contributed by atoms with E-state index < -0.39 is 0 Å². The molecule has 1 aromatic rings. The van der Waals surface area contributed by atoms with Crippen LogP contribution in [0, 0.1) is 0 Å². The van der Waals surface area contributed by atoms with Crippen molar-refractivity contribution in [3.63, 3.8) is 0 Å². The molecule has 2 N–H and O–H groups in total. The van der Waals surface area contributed by atoms with Crippen molar-refractivity contribution in [3.8, 4) is 0 Å². The van der Waals surface area contributed by atoms with Crippen LogP contribution in [0.15, 0.2) is 18.3 Å². The minimum Gasteiger partial charge on any atom is -0.328 e. The van der Waals surface area contributed by atoms with Crippen molar-refractivity contribution >= 4 is 11.6 Å². The number of rotatable bonds is 1. The summed E-state index contributed by atoms with van der Waals surface area (Å²) >= 11 is 6.10. The number of aromatic nitrogens is 1. The highest BCUT2D eigenvalue weighted by molar-refractivity contribution is 6.31. The topological polar surface area (TPSA) is 38.9 Å². The molecule has 14 heavy (non-hydrogen) atoms. The van der Waals surface area contributed by atoms with Crippen LogP contribution in [0.25, 0.3) is 0 Å². The predicted molar refractivity (Wildman–Crippen MR) is 58.4 cm³/mol. The van der Waals surface area contributed by atoms with Gasteiger partial charge in [0, 0.05) is 18.2 Å². The Morgan fingerprint density at radius 1 is 1.43 bits per heavy atom. The van der Waals surface area contributed by atoms with Crippen LogP contribution in [0.3, 0.4) is 0 Å². The minimum atomic E-state index is 0.326. The van der Waals surface area contributed by atoms with Gasteiger partial charge in [0.2, 0.25) is 0 Å². The Bertz CT molecular complexity index is 314. The summed E-state index contributed by atoms with van der Waals surface area (Å²) in [6, 6.07) is 4.10. The van der Waals surface area contributed by atoms with Crippen LogP contribution in [0.4, 0.5) is 0 Å². The zero-order valence-corrected chi connectivity index (χ0v) is 8.87. The Balaban J connectivity index is 2.18. The molecule has 1 heterocycles. The molecule has 0 aromatic carbocycles. The van der Waals surface area contributed by atoms with Gasteiger partial charge in [0.1, 0.15) is 0 Å². The van der Waals surface area contributed by atoms with Crippen molar-refractivity contribution in [2.24, 2.45) is 5.73 Å². The molecule has 1 aromatic heterocycles. The number of hydrogen-bond acceptors (Lipinski definition) is 2. The second-order valence-corrected chi connectivity index (χ2v) is 4.40. The molecule has 1 saturated carbocycles. The summed E-state index contributed by atoms with van der Waals surface area (Å²) in [6.07, 6.45) is 6.34. The summed E-state index contributed by atoms with van der Waals surface area (Å²) < 4.78 is 0. The van der Waals surface area contributed by atoms with Gasteiger partial charge in [0.05, 0.1) is 10.7 Å². The minimum absolute atomic E-state index is 0.326. The lowest BCUT2D eigenvalue weighted by atomic mass is 9.84. The highest BCUT2D eigenvalue weighted by atomic mass is 35.5. The first-order chi connectivity index (χ1) is 6.77. The van der Waals surface area contributed by atoms with E-state index in [1.807, 2.05) is 12.1 Å². The van der Waals surface area contributed by atoms with E-state index in [1.54, 1.807) is 6.20 Å². The lowest BCUT2D eigenvalue weighted by Gasteiger charge is -2.26. The molecule has 1 aliphatic carbocycles. The van der Waals surface area contributed by atoms with Crippen molar-refractivity contribution in [1.29, 1.82) is 0 Å². The third-order valence-electron chi connectivity index (χ3n) is 2.89. The summed E-state index contributed by atoms with van der Waals surface area (Å²) in [5, 5.41) is 0.784. The third kappa shape index (κ3) is 2.07. The second-order valence-electron chi connectivity index (χ2n) is 3.99. The average molecular weight is 211 g/mol. The molecule has 0 bridgehead atoms. The fourth-order valence-electron chi connectivity index (χ4n) is 2.17. The SMILES string of the molecule is NC1CCCC(c2ncccc2Cl)C1. The lowest BCUT2D eigenvalue weighted by Crippen LogP contribution is -2.27. The number of nitrogens with two attached hydrogens (primary N) is 1. The first-order valence-corrected chi connectivity index (χ1v) is 5.51. The molecule has 1 fully saturated rings. The van der Waals surface area contributed by atoms with Crippen molar-refractivity contribution in [3.05, 3.63) is 29.0 Å². The Hall–Kier alpha value is -0.600. The normalized spacial score (nSPS) is 27.6. The maximum absolute atomic E-state index is 6.10. The Kier molecular flexibility index (Phi) is 3.04. The molecule has 76 valence electrons. The molecule has 0 radical (unpaired) electrons. The first-order valence-electron chi connectivity index (χ1n) is 5.13. The summed E-state index contributed by atoms with van der Waals surface area (Å²) in [4.78, 5) is 4.35. The second kappa shape index (κ2) is 4.28. The predicted octanol–water partition coefficient (Wildman–Crippen LogP) is 2.72. The highest BCUT2D eigenvalue weighted by Crippen LogP contribution is 2.34. The van der Waals surface area contributed by atoms with Gasteiger partial charge in [-0.2, -0.15) is 0 Å². The molecule has 2 atom stereocenters. The molecular weight excluding hydrogens is 196 g/mol. The zero-order valence-electron chi connectivity index (χ0n) is 8.12. The summed E-state index contributed by atoms with van der Waals surface area (Å²) in [6.45, 7) is 0. The van der Waals surface area contributed by atoms with Crippen LogP contribution in [0.5, 0.6) is 0 Å². The van der Waals surface area contributed by atoms with Crippen molar-refractivity contribution in [2.45, 2.75) is 37.6 Å². The van der Waals surface area contributed by atoms with Crippen LogP contribution >= 0.6 is 11.6 Å². The fourth-order valence-corrected chi connectivity index (χ4v) is 2.45. The number of nitrogens with zero attached hydrogens (tertiary/aromatic N) is 1. The van der Waals surface area contributed by atoms with Gasteiger partial charge in [0.25, 0.3) is 0 Å². The van der Waals surface area contributed by atoms with E-state index in [2.05, 4.69) is 4.98 Å². The number of halogens is 1. The van der Waals surface area contributed by atoms with Gasteiger partial charge in [-0.05, 0) is 31.4 Å². The standard InChI is InChI=1S/C11H15ClN2/c12-10-5-2-6-14-11(10)8-3-1-4-9(13)7-8/h2,5-6,8-9H,1,3-4,7,13H2. The lowest BCUT2D eigenvalue weighted by molar-refractivity contribution is 0.388. The molecule has 0 amide bonds. The van der Waals surface area contributed by atoms with Gasteiger partial charge in [-0.3, -0.25) is 4.98 Å². The number of pyridine rings is 1. The first kappa shape index (κ1) is 9.94. The van der Waals surface area contributed by atoms with E-state index >= 15 is 0 Å². The van der Waals surface area contributed by atoms with Crippen molar-refractivity contribution in [1.82, 2.24) is 4.98 Å². The molecule has 2 unspecified atom stereocenters. The number of hydrogen-bond donors (Lipinski definition) is 1. The van der Waals surface area contributed by atoms with Crippen LogP contribution in [-0.4, -0.2) is 11.0 Å². The fraction of sp³-hybridized carbons (Fsp3) is 0.545. The van der Waals surface area contributed by atoms with Gasteiger partial charge < -0.3 is 5.73 Å². The molecule has 3 heteroatoms. The Morgan fingerprint density at radius 3 is 3.00 bits per heavy atom. The van der Waals surface area contributed by atoms with Crippen LogP contribution in [-0.2, 0) is 0 Å². The monoisotopic (exact) mass is 210 g/mol. The van der Waals surface area contributed by atoms with Gasteiger partial charge in [-0.25, -0.2) is 0 Å². The smallest absolute Gasteiger partial charge is 0.0624 e. The maximum Gasteiger partial charge on any atom is 0.0624 e. The van der Waals surface area contributed by atoms with Gasteiger partial charge >= 0.3 is 0 Å². The molecule has 2 nitrogen and oxygen atoms in total. The van der Waals surface area contributed by atoms with Crippen LogP contribution in [0.2, 0.25) is 5.02 Å². The summed E-state index contributed by atoms with van der Waals surface area (Å²) in [5.41, 5.74) is 6.97. The Labute approximate surface area is 89.5 Å². The van der Waals surface area contributed by atoms with Crippen molar-refractivity contribution in [2.75, 3.05) is 0 Å². The van der Waals surface area contributed by atoms with E-state index in [-0.39, 0.29) is 0 Å². The Morgan fingerprint density at radius 2 is 2.29 bits per heavy atom. The highest BCUT2D eigenvalue weighted by Gasteiger charge is 2.23. The maximum atomic E-state index is 6.10. The van der Waals surface area contributed by atoms with Crippen molar-refractivity contribution < 1.29 is 0 Å². The van der Waals surface area contributed by atoms with Gasteiger partial charge in [-0.1, -0.05) is 18.0 Å². The van der Waals surface area contributed by atoms with E-state index in [4.69, 9.17) is 17.3 Å². The molecule has 0 saturated heterocycles. The zero-order chi connectivity index (χ0) is 9.97. The molecule has 1 aliphatic rings. The largest absolute Gasteiger partial charge is 0.328 e. The molecular formula is C11H15ClN2. The quantitative estimate of drug-likeness (QED) is 0.774. The van der Waals surface area contributed by atoms with Crippen LogP contribution < -0.4 is 5.73 Å². The van der Waals surface area contributed by atoms with Gasteiger partial charge in [-0.15, -0.1) is 0 Å². The van der Waals surface area contributed by atoms with E-state index in [0.29, 0.717) is 12.0 Å². The molecule has 0 spiro atoms. The molecule has 0 aliphatic heterocycles. The third-order valence-corrected chi connectivity index (χ3v) is 3.21. The van der Waals surface area contributed by atoms with E-state index in [9.17, 15) is 0 Å². The average Bonchev–Trinajstić information content (AvgIpc) is 2.18. The van der Waals surface area contributed by atoms with Crippen LogP contribution in [0.1, 0.15) is 37.3 Å². The molecule has 2 rings (SSSR count). The summed E-state index contributed by atoms with van der Waals surface area (Å²) in [7, 11) is 0. The van der Waals surface area contributed by atoms with E-state index in [0.717, 1.165) is 23.6 Å². The summed E-state index contributed by atoms with van der Waals surface area (Å²) in [5.74, 6) is 0.465. The van der Waals surface area contributed by atoms with Gasteiger partial charge in [0.15, 0.2) is 0 Å².